The summed E-state index contributed by atoms with van der Waals surface area (Å²) in [5, 5.41) is 14.3. The smallest absolute Gasteiger partial charge is 0.0914 e. The zero-order valence-electron chi connectivity index (χ0n) is 11.6. The van der Waals surface area contributed by atoms with Gasteiger partial charge in [-0.2, -0.15) is 0 Å². The van der Waals surface area contributed by atoms with Gasteiger partial charge in [-0.05, 0) is 29.7 Å². The molecule has 0 aliphatic carbocycles. The summed E-state index contributed by atoms with van der Waals surface area (Å²) in [7, 11) is 0. The third-order valence-electron chi connectivity index (χ3n) is 3.42. The lowest BCUT2D eigenvalue weighted by Gasteiger charge is -2.20. The van der Waals surface area contributed by atoms with E-state index in [1.807, 2.05) is 54.6 Å². The van der Waals surface area contributed by atoms with Crippen molar-refractivity contribution in [3.05, 3.63) is 70.7 Å². The van der Waals surface area contributed by atoms with Crippen LogP contribution < -0.4 is 5.32 Å². The van der Waals surface area contributed by atoms with Crippen LogP contribution in [0.4, 0.5) is 0 Å². The number of nitrogens with one attached hydrogen (secondary N) is 1. The van der Waals surface area contributed by atoms with E-state index < -0.39 is 6.10 Å². The largest absolute Gasteiger partial charge is 0.387 e. The van der Waals surface area contributed by atoms with Crippen LogP contribution >= 0.6 is 11.6 Å². The van der Waals surface area contributed by atoms with Crippen LogP contribution in [-0.4, -0.2) is 11.7 Å². The Hall–Kier alpha value is -1.35. The standard InChI is InChI=1S/C17H20ClNO/c1-2-16(13-8-10-15(18)11-9-13)19-12-17(20)14-6-4-3-5-7-14/h3-11,16-17,19-20H,2,12H2,1H3. The highest BCUT2D eigenvalue weighted by atomic mass is 35.5. The lowest BCUT2D eigenvalue weighted by atomic mass is 10.0. The van der Waals surface area contributed by atoms with E-state index in [-0.39, 0.29) is 6.04 Å². The van der Waals surface area contributed by atoms with Crippen molar-refractivity contribution in [2.24, 2.45) is 0 Å². The quantitative estimate of drug-likeness (QED) is 0.838. The third kappa shape index (κ3) is 4.07. The van der Waals surface area contributed by atoms with Crippen molar-refractivity contribution in [2.45, 2.75) is 25.5 Å². The minimum Gasteiger partial charge on any atom is -0.387 e. The highest BCUT2D eigenvalue weighted by Gasteiger charge is 2.12. The summed E-state index contributed by atoms with van der Waals surface area (Å²) in [6, 6.07) is 17.8. The summed E-state index contributed by atoms with van der Waals surface area (Å²) in [6.07, 6.45) is 0.473. The van der Waals surface area contributed by atoms with Crippen molar-refractivity contribution in [3.63, 3.8) is 0 Å². The molecule has 106 valence electrons. The van der Waals surface area contributed by atoms with Crippen LogP contribution in [0.5, 0.6) is 0 Å². The molecular formula is C17H20ClNO. The van der Waals surface area contributed by atoms with E-state index in [2.05, 4.69) is 12.2 Å². The van der Waals surface area contributed by atoms with Gasteiger partial charge < -0.3 is 10.4 Å². The molecule has 3 heteroatoms. The molecule has 20 heavy (non-hydrogen) atoms. The van der Waals surface area contributed by atoms with E-state index in [4.69, 9.17) is 11.6 Å². The van der Waals surface area contributed by atoms with Crippen molar-refractivity contribution < 1.29 is 5.11 Å². The molecule has 0 amide bonds. The Bertz CT molecular complexity index is 512. The molecule has 0 fully saturated rings. The van der Waals surface area contributed by atoms with Crippen LogP contribution in [0.3, 0.4) is 0 Å². The van der Waals surface area contributed by atoms with Crippen LogP contribution in [0.1, 0.15) is 36.6 Å². The Labute approximate surface area is 125 Å². The third-order valence-corrected chi connectivity index (χ3v) is 3.67. The molecule has 0 saturated carbocycles. The molecule has 0 aliphatic rings. The maximum absolute atomic E-state index is 10.2. The molecule has 0 spiro atoms. The Balaban J connectivity index is 1.95. The van der Waals surface area contributed by atoms with Gasteiger partial charge in [-0.1, -0.05) is 61.0 Å². The molecule has 2 atom stereocenters. The van der Waals surface area contributed by atoms with Gasteiger partial charge in [0.15, 0.2) is 0 Å². The van der Waals surface area contributed by atoms with E-state index in [1.165, 1.54) is 5.56 Å². The first-order valence-electron chi connectivity index (χ1n) is 6.92. The molecule has 0 saturated heterocycles. The fourth-order valence-electron chi connectivity index (χ4n) is 2.24. The van der Waals surface area contributed by atoms with Crippen LogP contribution in [-0.2, 0) is 0 Å². The SMILES string of the molecule is CCC(NCC(O)c1ccccc1)c1ccc(Cl)cc1. The summed E-state index contributed by atoms with van der Waals surface area (Å²) >= 11 is 5.91. The number of hydrogen-bond acceptors (Lipinski definition) is 2. The van der Waals surface area contributed by atoms with Crippen LogP contribution in [0.25, 0.3) is 0 Å². The van der Waals surface area contributed by atoms with Gasteiger partial charge in [-0.15, -0.1) is 0 Å². The second-order valence-electron chi connectivity index (χ2n) is 4.85. The van der Waals surface area contributed by atoms with Crippen molar-refractivity contribution >= 4 is 11.6 Å². The number of hydrogen-bond donors (Lipinski definition) is 2. The molecule has 2 N–H and O–H groups in total. The Morgan fingerprint density at radius 2 is 1.65 bits per heavy atom. The lowest BCUT2D eigenvalue weighted by molar-refractivity contribution is 0.169. The van der Waals surface area contributed by atoms with Gasteiger partial charge >= 0.3 is 0 Å². The summed E-state index contributed by atoms with van der Waals surface area (Å²) < 4.78 is 0. The van der Waals surface area contributed by atoms with Gasteiger partial charge in [-0.25, -0.2) is 0 Å². The van der Waals surface area contributed by atoms with Crippen LogP contribution in [0.15, 0.2) is 54.6 Å². The van der Waals surface area contributed by atoms with E-state index >= 15 is 0 Å². The van der Waals surface area contributed by atoms with Crippen LogP contribution in [0.2, 0.25) is 5.02 Å². The second-order valence-corrected chi connectivity index (χ2v) is 5.28. The fourth-order valence-corrected chi connectivity index (χ4v) is 2.37. The molecule has 2 nitrogen and oxygen atoms in total. The fraction of sp³-hybridized carbons (Fsp3) is 0.294. The summed E-state index contributed by atoms with van der Waals surface area (Å²) in [4.78, 5) is 0. The monoisotopic (exact) mass is 289 g/mol. The minimum atomic E-state index is -0.488. The zero-order chi connectivity index (χ0) is 14.4. The molecule has 2 unspecified atom stereocenters. The van der Waals surface area contributed by atoms with Gasteiger partial charge in [0.25, 0.3) is 0 Å². The van der Waals surface area contributed by atoms with Gasteiger partial charge in [0.05, 0.1) is 6.10 Å². The summed E-state index contributed by atoms with van der Waals surface area (Å²) in [5.41, 5.74) is 2.13. The topological polar surface area (TPSA) is 32.3 Å². The predicted molar refractivity (Wildman–Crippen MR) is 83.9 cm³/mol. The average Bonchev–Trinajstić information content (AvgIpc) is 2.50. The van der Waals surface area contributed by atoms with Gasteiger partial charge in [-0.3, -0.25) is 0 Å². The average molecular weight is 290 g/mol. The number of halogens is 1. The van der Waals surface area contributed by atoms with Gasteiger partial charge in [0, 0.05) is 17.6 Å². The zero-order valence-corrected chi connectivity index (χ0v) is 12.3. The molecule has 0 radical (unpaired) electrons. The molecule has 2 rings (SSSR count). The Morgan fingerprint density at radius 3 is 2.25 bits per heavy atom. The Kier molecular flexibility index (Phi) is 5.60. The summed E-state index contributed by atoms with van der Waals surface area (Å²) in [5.74, 6) is 0. The first-order valence-corrected chi connectivity index (χ1v) is 7.30. The molecule has 0 bridgehead atoms. The Morgan fingerprint density at radius 1 is 1.00 bits per heavy atom. The van der Waals surface area contributed by atoms with E-state index in [0.29, 0.717) is 6.54 Å². The molecule has 0 heterocycles. The van der Waals surface area contributed by atoms with E-state index in [9.17, 15) is 5.11 Å². The summed E-state index contributed by atoms with van der Waals surface area (Å²) in [6.45, 7) is 2.66. The van der Waals surface area contributed by atoms with Crippen molar-refractivity contribution in [1.29, 1.82) is 0 Å². The first-order chi connectivity index (χ1) is 9.70. The first kappa shape index (κ1) is 15.0. The van der Waals surface area contributed by atoms with Gasteiger partial charge in [0.1, 0.15) is 0 Å². The molecule has 0 aromatic heterocycles. The molecule has 0 aliphatic heterocycles. The highest BCUT2D eigenvalue weighted by molar-refractivity contribution is 6.30. The minimum absolute atomic E-state index is 0.227. The highest BCUT2D eigenvalue weighted by Crippen LogP contribution is 2.20. The molecular weight excluding hydrogens is 270 g/mol. The maximum atomic E-state index is 10.2. The number of rotatable bonds is 6. The number of aliphatic hydroxyl groups excluding tert-OH is 1. The normalized spacial score (nSPS) is 13.9. The number of aliphatic hydroxyl groups is 1. The van der Waals surface area contributed by atoms with Crippen molar-refractivity contribution in [1.82, 2.24) is 5.32 Å². The lowest BCUT2D eigenvalue weighted by Crippen LogP contribution is -2.26. The predicted octanol–water partition coefficient (Wildman–Crippen LogP) is 4.11. The molecule has 2 aromatic rings. The van der Waals surface area contributed by atoms with E-state index in [1.54, 1.807) is 0 Å². The van der Waals surface area contributed by atoms with E-state index in [0.717, 1.165) is 17.0 Å². The van der Waals surface area contributed by atoms with Crippen molar-refractivity contribution in [2.75, 3.05) is 6.54 Å². The second kappa shape index (κ2) is 7.44. The van der Waals surface area contributed by atoms with Crippen LogP contribution in [0, 0.1) is 0 Å². The number of benzene rings is 2. The molecule has 2 aromatic carbocycles. The maximum Gasteiger partial charge on any atom is 0.0914 e. The van der Waals surface area contributed by atoms with Gasteiger partial charge in [0.2, 0.25) is 0 Å². The van der Waals surface area contributed by atoms with Crippen molar-refractivity contribution in [3.8, 4) is 0 Å².